The maximum absolute atomic E-state index is 5.07. The van der Waals surface area contributed by atoms with Gasteiger partial charge in [-0.25, -0.2) is 0 Å². The molecule has 1 aromatic carbocycles. The van der Waals surface area contributed by atoms with Gasteiger partial charge in [0.25, 0.3) is 0 Å². The molecule has 0 spiro atoms. The van der Waals surface area contributed by atoms with Gasteiger partial charge in [-0.15, -0.1) is 0 Å². The van der Waals surface area contributed by atoms with E-state index in [0.717, 1.165) is 12.2 Å². The van der Waals surface area contributed by atoms with Gasteiger partial charge >= 0.3 is 0 Å². The second-order valence-electron chi connectivity index (χ2n) is 2.85. The van der Waals surface area contributed by atoms with Gasteiger partial charge in [0.2, 0.25) is 0 Å². The summed E-state index contributed by atoms with van der Waals surface area (Å²) in [5.41, 5.74) is 1.17. The van der Waals surface area contributed by atoms with Crippen LogP contribution < -0.4 is 4.74 Å². The van der Waals surface area contributed by atoms with Crippen molar-refractivity contribution in [3.63, 3.8) is 0 Å². The van der Waals surface area contributed by atoms with Crippen LogP contribution in [0.25, 0.3) is 6.08 Å². The zero-order valence-corrected chi connectivity index (χ0v) is 8.44. The lowest BCUT2D eigenvalue weighted by Gasteiger charge is -1.98. The number of hydrogen-bond donors (Lipinski definition) is 0. The van der Waals surface area contributed by atoms with Crippen molar-refractivity contribution in [3.8, 4) is 5.75 Å². The zero-order valence-electron chi connectivity index (χ0n) is 8.44. The molecule has 0 aliphatic rings. The Hall–Kier alpha value is -1.50. The van der Waals surface area contributed by atoms with E-state index in [1.165, 1.54) is 5.56 Å². The van der Waals surface area contributed by atoms with E-state index in [4.69, 9.17) is 4.74 Å². The number of rotatable bonds is 4. The molecule has 0 unspecified atom stereocenters. The molecule has 1 nitrogen and oxygen atoms in total. The first-order chi connectivity index (χ1) is 6.86. The predicted octanol–water partition coefficient (Wildman–Crippen LogP) is 3.49. The van der Waals surface area contributed by atoms with E-state index in [1.807, 2.05) is 48.6 Å². The van der Waals surface area contributed by atoms with E-state index in [1.54, 1.807) is 7.11 Å². The molecule has 0 saturated heterocycles. The molecule has 0 fully saturated rings. The molecule has 0 amide bonds. The van der Waals surface area contributed by atoms with Crippen molar-refractivity contribution in [3.05, 3.63) is 55.0 Å². The normalized spacial score (nSPS) is 11.3. The fourth-order valence-corrected chi connectivity index (χ4v) is 1.06. The molecule has 0 N–H and O–H groups in total. The maximum Gasteiger partial charge on any atom is 0.118 e. The van der Waals surface area contributed by atoms with Crippen LogP contribution in [0.4, 0.5) is 0 Å². The highest BCUT2D eigenvalue weighted by molar-refractivity contribution is 5.52. The fraction of sp³-hybridized carbons (Fsp3) is 0.154. The Bertz CT molecular complexity index is 307. The number of methoxy groups -OCH3 is 1. The van der Waals surface area contributed by atoms with Crippen molar-refractivity contribution in [2.24, 2.45) is 0 Å². The summed E-state index contributed by atoms with van der Waals surface area (Å²) in [5.74, 6) is 0.885. The number of ether oxygens (including phenoxy) is 1. The molecule has 0 saturated carbocycles. The molecule has 14 heavy (non-hydrogen) atoms. The van der Waals surface area contributed by atoms with Crippen LogP contribution in [-0.2, 0) is 0 Å². The Labute approximate surface area is 85.7 Å². The molecule has 0 aliphatic carbocycles. The highest BCUT2D eigenvalue weighted by Gasteiger charge is 1.88. The van der Waals surface area contributed by atoms with Gasteiger partial charge < -0.3 is 4.74 Å². The third kappa shape index (κ3) is 3.48. The summed E-state index contributed by atoms with van der Waals surface area (Å²) in [7, 11) is 1.67. The van der Waals surface area contributed by atoms with Crippen molar-refractivity contribution >= 4 is 6.08 Å². The summed E-state index contributed by atoms with van der Waals surface area (Å²) >= 11 is 0. The third-order valence-electron chi connectivity index (χ3n) is 1.82. The molecule has 0 atom stereocenters. The van der Waals surface area contributed by atoms with Crippen LogP contribution in [0.5, 0.6) is 5.75 Å². The number of benzene rings is 1. The minimum atomic E-state index is 0.826. The van der Waals surface area contributed by atoms with Gasteiger partial charge in [-0.05, 0) is 31.0 Å². The molecular formula is C13H15O. The average Bonchev–Trinajstić information content (AvgIpc) is 2.25. The fourth-order valence-electron chi connectivity index (χ4n) is 1.06. The van der Waals surface area contributed by atoms with Gasteiger partial charge in [-0.3, -0.25) is 0 Å². The first kappa shape index (κ1) is 10.6. The predicted molar refractivity (Wildman–Crippen MR) is 61.1 cm³/mol. The lowest BCUT2D eigenvalue weighted by molar-refractivity contribution is 0.415. The second-order valence-corrected chi connectivity index (χ2v) is 2.85. The molecule has 1 radical (unpaired) electrons. The monoisotopic (exact) mass is 187 g/mol. The standard InChI is InChI=1S/C13H15O/c1-3-4-5-6-7-12-8-10-13(14-2)11-9-12/h4-11H,1,3H2,2H3. The smallest absolute Gasteiger partial charge is 0.118 e. The van der Waals surface area contributed by atoms with Crippen LogP contribution in [0.3, 0.4) is 0 Å². The Morgan fingerprint density at radius 3 is 2.50 bits per heavy atom. The van der Waals surface area contributed by atoms with Crippen molar-refractivity contribution in [2.75, 3.05) is 7.11 Å². The largest absolute Gasteiger partial charge is 0.497 e. The molecule has 0 bridgehead atoms. The van der Waals surface area contributed by atoms with Gasteiger partial charge in [-0.1, -0.05) is 36.4 Å². The van der Waals surface area contributed by atoms with E-state index in [9.17, 15) is 0 Å². The summed E-state index contributed by atoms with van der Waals surface area (Å²) in [6.07, 6.45) is 8.89. The molecule has 73 valence electrons. The molecule has 0 aliphatic heterocycles. The van der Waals surface area contributed by atoms with E-state index >= 15 is 0 Å². The lowest BCUT2D eigenvalue weighted by Crippen LogP contribution is -1.81. The number of hydrogen-bond acceptors (Lipinski definition) is 1. The second kappa shape index (κ2) is 6.03. The quantitative estimate of drug-likeness (QED) is 0.656. The summed E-state index contributed by atoms with van der Waals surface area (Å²) in [5, 5.41) is 0. The van der Waals surface area contributed by atoms with Gasteiger partial charge in [-0.2, -0.15) is 0 Å². The molecule has 1 heteroatoms. The first-order valence-electron chi connectivity index (χ1n) is 4.63. The molecule has 1 rings (SSSR count). The van der Waals surface area contributed by atoms with Crippen LogP contribution in [0.2, 0.25) is 0 Å². The third-order valence-corrected chi connectivity index (χ3v) is 1.82. The van der Waals surface area contributed by atoms with E-state index < -0.39 is 0 Å². The molecular weight excluding hydrogens is 172 g/mol. The van der Waals surface area contributed by atoms with Gasteiger partial charge in [0.1, 0.15) is 5.75 Å². The maximum atomic E-state index is 5.07. The van der Waals surface area contributed by atoms with Gasteiger partial charge in [0.05, 0.1) is 7.11 Å². The SMILES string of the molecule is [CH2]CC=CC=Cc1ccc(OC)cc1. The summed E-state index contributed by atoms with van der Waals surface area (Å²) in [6, 6.07) is 7.94. The Kier molecular flexibility index (Phi) is 4.56. The molecule has 0 heterocycles. The van der Waals surface area contributed by atoms with E-state index in [0.29, 0.717) is 0 Å². The average molecular weight is 187 g/mol. The summed E-state index contributed by atoms with van der Waals surface area (Å²) < 4.78 is 5.07. The minimum absolute atomic E-state index is 0.826. The first-order valence-corrected chi connectivity index (χ1v) is 4.63. The minimum Gasteiger partial charge on any atom is -0.497 e. The summed E-state index contributed by atoms with van der Waals surface area (Å²) in [6.45, 7) is 3.72. The molecule has 1 aromatic rings. The van der Waals surface area contributed by atoms with Gasteiger partial charge in [0, 0.05) is 0 Å². The van der Waals surface area contributed by atoms with Crippen molar-refractivity contribution in [1.82, 2.24) is 0 Å². The summed E-state index contributed by atoms with van der Waals surface area (Å²) in [4.78, 5) is 0. The zero-order chi connectivity index (χ0) is 10.2. The Morgan fingerprint density at radius 1 is 1.21 bits per heavy atom. The van der Waals surface area contributed by atoms with Crippen LogP contribution >= 0.6 is 0 Å². The van der Waals surface area contributed by atoms with Crippen molar-refractivity contribution in [2.45, 2.75) is 6.42 Å². The molecule has 0 aromatic heterocycles. The highest BCUT2D eigenvalue weighted by Crippen LogP contribution is 2.12. The van der Waals surface area contributed by atoms with Crippen LogP contribution in [-0.4, -0.2) is 7.11 Å². The number of allylic oxidation sites excluding steroid dienone is 3. The Balaban J connectivity index is 2.59. The van der Waals surface area contributed by atoms with Gasteiger partial charge in [0.15, 0.2) is 0 Å². The van der Waals surface area contributed by atoms with Crippen molar-refractivity contribution < 1.29 is 4.74 Å². The topological polar surface area (TPSA) is 9.23 Å². The van der Waals surface area contributed by atoms with Crippen LogP contribution in [0.1, 0.15) is 12.0 Å². The Morgan fingerprint density at radius 2 is 1.93 bits per heavy atom. The highest BCUT2D eigenvalue weighted by atomic mass is 16.5. The van der Waals surface area contributed by atoms with Crippen molar-refractivity contribution in [1.29, 1.82) is 0 Å². The van der Waals surface area contributed by atoms with E-state index in [-0.39, 0.29) is 0 Å². The lowest BCUT2D eigenvalue weighted by atomic mass is 10.2. The van der Waals surface area contributed by atoms with Crippen LogP contribution in [0.15, 0.2) is 42.5 Å². The van der Waals surface area contributed by atoms with Crippen LogP contribution in [0, 0.1) is 6.92 Å². The van der Waals surface area contributed by atoms with E-state index in [2.05, 4.69) is 6.92 Å².